The Morgan fingerprint density at radius 3 is 2.60 bits per heavy atom. The molecule has 0 bridgehead atoms. The number of hydrogen-bond donors (Lipinski definition) is 0. The van der Waals surface area contributed by atoms with Crippen molar-refractivity contribution in [1.82, 2.24) is 14.6 Å². The average Bonchev–Trinajstić information content (AvgIpc) is 3.28. The number of halogens is 2. The van der Waals surface area contributed by atoms with Gasteiger partial charge in [-0.25, -0.2) is 0 Å². The summed E-state index contributed by atoms with van der Waals surface area (Å²) in [6.07, 6.45) is 5.14. The van der Waals surface area contributed by atoms with Crippen LogP contribution in [0.4, 0.5) is 0 Å². The van der Waals surface area contributed by atoms with Crippen LogP contribution in [0.15, 0.2) is 47.3 Å². The Balaban J connectivity index is 1.57. The molecule has 0 aliphatic carbocycles. The smallest absolute Gasteiger partial charge is 0.291 e. The minimum absolute atomic E-state index is 0.212. The molecule has 0 spiro atoms. The third-order valence-corrected chi connectivity index (χ3v) is 6.25. The van der Waals surface area contributed by atoms with E-state index in [0.29, 0.717) is 32.0 Å². The quantitative estimate of drug-likeness (QED) is 0.354. The lowest BCUT2D eigenvalue weighted by molar-refractivity contribution is 0.306. The largest absolute Gasteiger partial charge is 0.494 e. The normalized spacial score (nSPS) is 12.0. The maximum absolute atomic E-state index is 12.7. The Hall–Kier alpha value is -2.41. The molecule has 0 radical (unpaired) electrons. The summed E-state index contributed by atoms with van der Waals surface area (Å²) in [5.41, 5.74) is 1.41. The number of thiazole rings is 1. The van der Waals surface area contributed by atoms with Crippen molar-refractivity contribution in [3.05, 3.63) is 73.0 Å². The molecular weight excluding hydrogens is 441 g/mol. The average molecular weight is 460 g/mol. The van der Waals surface area contributed by atoms with Crippen LogP contribution >= 0.6 is 34.5 Å². The van der Waals surface area contributed by atoms with Gasteiger partial charge >= 0.3 is 0 Å². The molecule has 2 heterocycles. The first-order chi connectivity index (χ1) is 14.5. The fraction of sp³-hybridized carbons (Fsp3) is 0.227. The van der Waals surface area contributed by atoms with Crippen molar-refractivity contribution < 1.29 is 4.74 Å². The lowest BCUT2D eigenvalue weighted by Crippen LogP contribution is -2.23. The zero-order chi connectivity index (χ0) is 21.1. The lowest BCUT2D eigenvalue weighted by Gasteiger charge is -2.05. The summed E-state index contributed by atoms with van der Waals surface area (Å²) in [6, 6.07) is 12.8. The lowest BCUT2D eigenvalue weighted by atomic mass is 10.2. The van der Waals surface area contributed by atoms with Gasteiger partial charge in [0.05, 0.1) is 21.2 Å². The van der Waals surface area contributed by atoms with Gasteiger partial charge < -0.3 is 4.74 Å². The molecule has 0 fully saturated rings. The molecule has 2 aromatic carbocycles. The summed E-state index contributed by atoms with van der Waals surface area (Å²) in [6.45, 7) is 2.88. The molecule has 0 saturated carbocycles. The molecule has 0 atom stereocenters. The number of ether oxygens (including phenoxy) is 1. The molecule has 5 nitrogen and oxygen atoms in total. The minimum atomic E-state index is -0.212. The van der Waals surface area contributed by atoms with Gasteiger partial charge in [-0.1, -0.05) is 60.4 Å². The maximum atomic E-state index is 12.7. The first kappa shape index (κ1) is 20.8. The molecule has 2 aromatic heterocycles. The zero-order valence-corrected chi connectivity index (χ0v) is 18.6. The summed E-state index contributed by atoms with van der Waals surface area (Å²) < 4.78 is 7.60. The van der Waals surface area contributed by atoms with Gasteiger partial charge in [-0.3, -0.25) is 4.79 Å². The van der Waals surface area contributed by atoms with Crippen molar-refractivity contribution in [3.63, 3.8) is 0 Å². The Morgan fingerprint density at radius 2 is 1.90 bits per heavy atom. The second-order valence-corrected chi connectivity index (χ2v) is 8.62. The number of hydrogen-bond acceptors (Lipinski definition) is 5. The van der Waals surface area contributed by atoms with E-state index in [1.54, 1.807) is 24.3 Å². The number of unbranched alkanes of at least 4 members (excludes halogenated alkanes) is 2. The standard InChI is InChI=1S/C22H19Cl2N3O2S/c1-2-3-4-11-29-16-8-6-15(7-9-16)20-25-22-27(26-20)21(28)19(30-22)13-14-5-10-17(23)18(24)12-14/h5-10,12-13H,2-4,11H2,1H3/b19-13-. The molecule has 0 unspecified atom stereocenters. The van der Waals surface area contributed by atoms with E-state index in [1.165, 1.54) is 22.3 Å². The van der Waals surface area contributed by atoms with Crippen LogP contribution < -0.4 is 14.8 Å². The Labute approximate surface area is 187 Å². The van der Waals surface area contributed by atoms with E-state index < -0.39 is 0 Å². The molecule has 30 heavy (non-hydrogen) atoms. The summed E-state index contributed by atoms with van der Waals surface area (Å²) in [7, 11) is 0. The van der Waals surface area contributed by atoms with Crippen molar-refractivity contribution >= 4 is 45.6 Å². The molecule has 154 valence electrons. The fourth-order valence-electron chi connectivity index (χ4n) is 2.95. The van der Waals surface area contributed by atoms with Crippen LogP contribution in [0.25, 0.3) is 22.4 Å². The number of aromatic nitrogens is 3. The van der Waals surface area contributed by atoms with Gasteiger partial charge in [0.25, 0.3) is 5.56 Å². The van der Waals surface area contributed by atoms with Gasteiger partial charge in [0.1, 0.15) is 5.75 Å². The number of rotatable bonds is 7. The van der Waals surface area contributed by atoms with Crippen molar-refractivity contribution in [2.45, 2.75) is 26.2 Å². The van der Waals surface area contributed by atoms with E-state index in [9.17, 15) is 4.79 Å². The molecule has 4 rings (SSSR count). The molecule has 0 amide bonds. The summed E-state index contributed by atoms with van der Waals surface area (Å²) >= 11 is 13.3. The predicted octanol–water partition coefficient (Wildman–Crippen LogP) is 5.24. The second-order valence-electron chi connectivity index (χ2n) is 6.80. The van der Waals surface area contributed by atoms with E-state index in [0.717, 1.165) is 29.7 Å². The Morgan fingerprint density at radius 1 is 1.10 bits per heavy atom. The SMILES string of the molecule is CCCCCOc1ccc(-c2nc3s/c(=C\c4ccc(Cl)c(Cl)c4)c(=O)n3n2)cc1. The van der Waals surface area contributed by atoms with Crippen LogP contribution in [-0.2, 0) is 0 Å². The van der Waals surface area contributed by atoms with E-state index in [-0.39, 0.29) is 5.56 Å². The highest BCUT2D eigenvalue weighted by molar-refractivity contribution is 7.15. The van der Waals surface area contributed by atoms with E-state index in [4.69, 9.17) is 27.9 Å². The van der Waals surface area contributed by atoms with Crippen molar-refractivity contribution in [3.8, 4) is 17.1 Å². The topological polar surface area (TPSA) is 56.5 Å². The van der Waals surface area contributed by atoms with Gasteiger partial charge in [-0.15, -0.1) is 5.10 Å². The molecule has 0 aliphatic heterocycles. The van der Waals surface area contributed by atoms with Gasteiger partial charge in [0, 0.05) is 5.56 Å². The van der Waals surface area contributed by atoms with Gasteiger partial charge in [-0.2, -0.15) is 9.50 Å². The Bertz CT molecular complexity index is 1280. The maximum Gasteiger partial charge on any atom is 0.291 e. The van der Waals surface area contributed by atoms with Crippen LogP contribution in [-0.4, -0.2) is 21.2 Å². The zero-order valence-electron chi connectivity index (χ0n) is 16.3. The van der Waals surface area contributed by atoms with Gasteiger partial charge in [-0.05, 0) is 54.5 Å². The van der Waals surface area contributed by atoms with Crippen molar-refractivity contribution in [2.24, 2.45) is 0 Å². The van der Waals surface area contributed by atoms with Crippen LogP contribution in [0.3, 0.4) is 0 Å². The molecule has 0 aliphatic rings. The van der Waals surface area contributed by atoms with Crippen LogP contribution in [0, 0.1) is 0 Å². The van der Waals surface area contributed by atoms with Crippen LogP contribution in [0.5, 0.6) is 5.75 Å². The van der Waals surface area contributed by atoms with E-state index in [2.05, 4.69) is 17.0 Å². The summed E-state index contributed by atoms with van der Waals surface area (Å²) in [5.74, 6) is 1.33. The first-order valence-corrected chi connectivity index (χ1v) is 11.2. The summed E-state index contributed by atoms with van der Waals surface area (Å²) in [4.78, 5) is 17.8. The molecule has 8 heteroatoms. The van der Waals surface area contributed by atoms with E-state index >= 15 is 0 Å². The number of fused-ring (bicyclic) bond motifs is 1. The molecule has 4 aromatic rings. The number of nitrogens with zero attached hydrogens (tertiary/aromatic N) is 3. The molecule has 0 N–H and O–H groups in total. The summed E-state index contributed by atoms with van der Waals surface area (Å²) in [5, 5.41) is 5.30. The Kier molecular flexibility index (Phi) is 6.37. The van der Waals surface area contributed by atoms with Crippen LogP contribution in [0.1, 0.15) is 31.7 Å². The third kappa shape index (κ3) is 4.51. The van der Waals surface area contributed by atoms with Crippen LogP contribution in [0.2, 0.25) is 10.0 Å². The highest BCUT2D eigenvalue weighted by Crippen LogP contribution is 2.23. The minimum Gasteiger partial charge on any atom is -0.494 e. The van der Waals surface area contributed by atoms with Crippen molar-refractivity contribution in [1.29, 1.82) is 0 Å². The predicted molar refractivity (Wildman–Crippen MR) is 123 cm³/mol. The molecular formula is C22H19Cl2N3O2S. The van der Waals surface area contributed by atoms with Gasteiger partial charge in [0.2, 0.25) is 4.96 Å². The van der Waals surface area contributed by atoms with Crippen molar-refractivity contribution in [2.75, 3.05) is 6.61 Å². The van der Waals surface area contributed by atoms with Gasteiger partial charge in [0.15, 0.2) is 5.82 Å². The second kappa shape index (κ2) is 9.16. The third-order valence-electron chi connectivity index (χ3n) is 4.55. The molecule has 0 saturated heterocycles. The van der Waals surface area contributed by atoms with E-state index in [1.807, 2.05) is 24.3 Å². The fourth-order valence-corrected chi connectivity index (χ4v) is 4.17. The highest BCUT2D eigenvalue weighted by Gasteiger charge is 2.12. The first-order valence-electron chi connectivity index (χ1n) is 9.65. The highest BCUT2D eigenvalue weighted by atomic mass is 35.5. The monoisotopic (exact) mass is 459 g/mol. The number of benzene rings is 2.